The molecule has 8 heteroatoms. The van der Waals surface area contributed by atoms with Crippen LogP contribution >= 0.6 is 23.2 Å². The number of amides is 3. The number of nitrogens with zero attached hydrogens (tertiary/aromatic N) is 1. The highest BCUT2D eigenvalue weighted by molar-refractivity contribution is 6.42. The Morgan fingerprint density at radius 1 is 1.35 bits per heavy atom. The molecule has 1 aromatic rings. The maximum Gasteiger partial charge on any atom is 0.325 e. The molecule has 1 fully saturated rings. The Labute approximate surface area is 124 Å². The normalized spacial score (nSPS) is 22.1. The topological polar surface area (TPSA) is 86.7 Å². The molecule has 0 aromatic heterocycles. The Kier molecular flexibility index (Phi) is 3.62. The van der Waals surface area contributed by atoms with Gasteiger partial charge in [0.15, 0.2) is 0 Å². The zero-order chi connectivity index (χ0) is 15.1. The summed E-state index contributed by atoms with van der Waals surface area (Å²) in [6.07, 6.45) is 0. The molecule has 3 amide bonds. The number of carboxylic acids is 1. The first-order valence-electron chi connectivity index (χ1n) is 5.57. The van der Waals surface area contributed by atoms with Gasteiger partial charge in [-0.05, 0) is 24.6 Å². The molecule has 1 aromatic carbocycles. The molecular formula is C12H10Cl2N2O4. The second-order valence-electron chi connectivity index (χ2n) is 4.47. The number of halogens is 2. The number of urea groups is 1. The van der Waals surface area contributed by atoms with E-state index in [1.807, 2.05) is 0 Å². The Morgan fingerprint density at radius 3 is 2.55 bits per heavy atom. The molecule has 0 saturated carbocycles. The van der Waals surface area contributed by atoms with Crippen molar-refractivity contribution >= 4 is 41.1 Å². The molecule has 106 valence electrons. The Morgan fingerprint density at radius 2 is 2.00 bits per heavy atom. The van der Waals surface area contributed by atoms with Crippen molar-refractivity contribution in [3.05, 3.63) is 33.8 Å². The zero-order valence-electron chi connectivity index (χ0n) is 10.3. The highest BCUT2D eigenvalue weighted by Gasteiger charge is 2.49. The molecule has 1 heterocycles. The van der Waals surface area contributed by atoms with E-state index in [0.717, 1.165) is 0 Å². The fourth-order valence-corrected chi connectivity index (χ4v) is 2.28. The predicted octanol–water partition coefficient (Wildman–Crippen LogP) is 1.84. The summed E-state index contributed by atoms with van der Waals surface area (Å²) in [5.74, 6) is -1.92. The maximum atomic E-state index is 12.3. The van der Waals surface area contributed by atoms with Crippen molar-refractivity contribution in [2.24, 2.45) is 0 Å². The molecule has 1 aliphatic rings. The summed E-state index contributed by atoms with van der Waals surface area (Å²) in [6.45, 7) is 0.788. The first-order valence-corrected chi connectivity index (χ1v) is 6.32. The molecule has 0 bridgehead atoms. The van der Waals surface area contributed by atoms with Crippen molar-refractivity contribution in [1.29, 1.82) is 0 Å². The predicted molar refractivity (Wildman–Crippen MR) is 71.7 cm³/mol. The highest BCUT2D eigenvalue weighted by Crippen LogP contribution is 2.32. The van der Waals surface area contributed by atoms with Gasteiger partial charge in [0.25, 0.3) is 5.91 Å². The minimum absolute atomic E-state index is 0.240. The number of nitrogens with one attached hydrogen (secondary N) is 1. The third-order valence-electron chi connectivity index (χ3n) is 3.07. The molecule has 20 heavy (non-hydrogen) atoms. The smallest absolute Gasteiger partial charge is 0.325 e. The van der Waals surface area contributed by atoms with E-state index in [9.17, 15) is 14.4 Å². The van der Waals surface area contributed by atoms with Crippen LogP contribution in [0, 0.1) is 0 Å². The van der Waals surface area contributed by atoms with Crippen LogP contribution in [0.15, 0.2) is 18.2 Å². The van der Waals surface area contributed by atoms with Gasteiger partial charge in [0, 0.05) is 0 Å². The lowest BCUT2D eigenvalue weighted by molar-refractivity contribution is -0.142. The fourth-order valence-electron chi connectivity index (χ4n) is 1.98. The highest BCUT2D eigenvalue weighted by atomic mass is 35.5. The average Bonchev–Trinajstić information content (AvgIpc) is 2.57. The zero-order valence-corrected chi connectivity index (χ0v) is 11.8. The summed E-state index contributed by atoms with van der Waals surface area (Å²) >= 11 is 11.7. The van der Waals surface area contributed by atoms with Crippen molar-refractivity contribution in [3.8, 4) is 0 Å². The number of aliphatic carboxylic acids is 1. The van der Waals surface area contributed by atoms with Gasteiger partial charge in [-0.2, -0.15) is 0 Å². The van der Waals surface area contributed by atoms with E-state index in [-0.39, 0.29) is 5.02 Å². The Balaban J connectivity index is 2.40. The lowest BCUT2D eigenvalue weighted by Gasteiger charge is -2.22. The monoisotopic (exact) mass is 316 g/mol. The van der Waals surface area contributed by atoms with Crippen molar-refractivity contribution in [2.75, 3.05) is 6.54 Å². The number of benzene rings is 1. The van der Waals surface area contributed by atoms with E-state index < -0.39 is 30.0 Å². The van der Waals surface area contributed by atoms with E-state index in [0.29, 0.717) is 15.5 Å². The number of hydrogen-bond donors (Lipinski definition) is 2. The van der Waals surface area contributed by atoms with Crippen LogP contribution in [0.2, 0.25) is 10.0 Å². The van der Waals surface area contributed by atoms with Gasteiger partial charge in [0.2, 0.25) is 0 Å². The van der Waals surface area contributed by atoms with E-state index >= 15 is 0 Å². The molecule has 6 nitrogen and oxygen atoms in total. The molecule has 2 N–H and O–H groups in total. The minimum atomic E-state index is -1.36. The van der Waals surface area contributed by atoms with E-state index in [1.165, 1.54) is 19.1 Å². The van der Waals surface area contributed by atoms with Crippen LogP contribution in [0.25, 0.3) is 0 Å². The third kappa shape index (κ3) is 2.32. The van der Waals surface area contributed by atoms with Gasteiger partial charge in [-0.25, -0.2) is 4.79 Å². The molecule has 0 radical (unpaired) electrons. The van der Waals surface area contributed by atoms with Crippen molar-refractivity contribution in [3.63, 3.8) is 0 Å². The molecule has 1 aliphatic heterocycles. The molecule has 0 aliphatic carbocycles. The van der Waals surface area contributed by atoms with Crippen LogP contribution in [-0.4, -0.2) is 34.5 Å². The van der Waals surface area contributed by atoms with Crippen LogP contribution in [0.3, 0.4) is 0 Å². The van der Waals surface area contributed by atoms with E-state index in [2.05, 4.69) is 5.32 Å². The summed E-state index contributed by atoms with van der Waals surface area (Å²) < 4.78 is 0. The van der Waals surface area contributed by atoms with E-state index in [1.54, 1.807) is 6.07 Å². The molecule has 1 saturated heterocycles. The van der Waals surface area contributed by atoms with Gasteiger partial charge < -0.3 is 10.4 Å². The number of rotatable bonds is 3. The Bertz CT molecular complexity index is 619. The van der Waals surface area contributed by atoms with Crippen molar-refractivity contribution in [1.82, 2.24) is 10.2 Å². The molecular weight excluding hydrogens is 307 g/mol. The first-order chi connectivity index (χ1) is 9.25. The SMILES string of the molecule is C[C@]1(c2ccc(Cl)c(Cl)c2)NC(=O)N(CC(=O)O)C1=O. The van der Waals surface area contributed by atoms with Crippen LogP contribution < -0.4 is 5.32 Å². The van der Waals surface area contributed by atoms with Crippen molar-refractivity contribution < 1.29 is 19.5 Å². The van der Waals surface area contributed by atoms with Gasteiger partial charge in [0.1, 0.15) is 12.1 Å². The molecule has 1 atom stereocenters. The standard InChI is InChI=1S/C12H10Cl2N2O4/c1-12(6-2-3-7(13)8(14)4-6)10(19)16(5-9(17)18)11(20)15-12/h2-4H,5H2,1H3,(H,15,20)(H,17,18)/t12-/m1/s1. The van der Waals surface area contributed by atoms with Crippen molar-refractivity contribution in [2.45, 2.75) is 12.5 Å². The maximum absolute atomic E-state index is 12.3. The average molecular weight is 317 g/mol. The number of carbonyl (C=O) groups is 3. The quantitative estimate of drug-likeness (QED) is 0.833. The lowest BCUT2D eigenvalue weighted by Crippen LogP contribution is -2.41. The molecule has 0 spiro atoms. The largest absolute Gasteiger partial charge is 0.480 e. The number of hydrogen-bond acceptors (Lipinski definition) is 3. The molecule has 2 rings (SSSR count). The number of carbonyl (C=O) groups excluding carboxylic acids is 2. The number of carboxylic acid groups (broad SMARTS) is 1. The first kappa shape index (κ1) is 14.6. The summed E-state index contributed by atoms with van der Waals surface area (Å²) in [7, 11) is 0. The summed E-state index contributed by atoms with van der Waals surface area (Å²) in [6, 6.07) is 3.76. The van der Waals surface area contributed by atoms with Crippen LogP contribution in [0.5, 0.6) is 0 Å². The number of imide groups is 1. The lowest BCUT2D eigenvalue weighted by atomic mass is 9.92. The van der Waals surface area contributed by atoms with E-state index in [4.69, 9.17) is 28.3 Å². The second kappa shape index (κ2) is 4.96. The van der Waals surface area contributed by atoms with Gasteiger partial charge in [-0.1, -0.05) is 29.3 Å². The summed E-state index contributed by atoms with van der Waals surface area (Å²) in [4.78, 5) is 35.3. The van der Waals surface area contributed by atoms with Gasteiger partial charge >= 0.3 is 12.0 Å². The molecule has 0 unspecified atom stereocenters. The van der Waals surface area contributed by atoms with Gasteiger partial charge in [0.05, 0.1) is 10.0 Å². The van der Waals surface area contributed by atoms with Gasteiger partial charge in [-0.15, -0.1) is 0 Å². The third-order valence-corrected chi connectivity index (χ3v) is 3.80. The summed E-state index contributed by atoms with van der Waals surface area (Å²) in [5.41, 5.74) is -0.932. The fraction of sp³-hybridized carbons (Fsp3) is 0.250. The minimum Gasteiger partial charge on any atom is -0.480 e. The second-order valence-corrected chi connectivity index (χ2v) is 5.28. The van der Waals surface area contributed by atoms with Crippen LogP contribution in [-0.2, 0) is 15.1 Å². The Hall–Kier alpha value is -1.79. The van der Waals surface area contributed by atoms with Crippen LogP contribution in [0.1, 0.15) is 12.5 Å². The van der Waals surface area contributed by atoms with Gasteiger partial charge in [-0.3, -0.25) is 14.5 Å². The summed E-state index contributed by atoms with van der Waals surface area (Å²) in [5, 5.41) is 11.7. The van der Waals surface area contributed by atoms with Crippen LogP contribution in [0.4, 0.5) is 4.79 Å².